The van der Waals surface area contributed by atoms with Crippen LogP contribution in [-0.2, 0) is 57.4 Å². The summed E-state index contributed by atoms with van der Waals surface area (Å²) in [6.07, 6.45) is -7.00. The van der Waals surface area contributed by atoms with E-state index in [1.807, 2.05) is 12.1 Å². The lowest BCUT2D eigenvalue weighted by Crippen LogP contribution is -2.11. The highest BCUT2D eigenvalue weighted by Gasteiger charge is 2.39. The molecule has 6 rings (SSSR count). The van der Waals surface area contributed by atoms with Gasteiger partial charge in [-0.15, -0.1) is 0 Å². The highest BCUT2D eigenvalue weighted by Crippen LogP contribution is 2.34. The number of nitrogens with zero attached hydrogens (tertiary/aromatic N) is 6. The third kappa shape index (κ3) is 13.8. The number of aryl methyl sites for hydroxylation is 6. The molecule has 0 aliphatic heterocycles. The summed E-state index contributed by atoms with van der Waals surface area (Å²) in [5, 5.41) is 15.0. The molecule has 0 aliphatic carbocycles. The lowest BCUT2D eigenvalue weighted by molar-refractivity contribution is -0.160. The topological polar surface area (TPSA) is 185 Å². The second-order valence-corrected chi connectivity index (χ2v) is 14.5. The van der Waals surface area contributed by atoms with Crippen LogP contribution in [0, 0.1) is 27.7 Å². The van der Waals surface area contributed by atoms with E-state index in [0.717, 1.165) is 22.3 Å². The summed E-state index contributed by atoms with van der Waals surface area (Å²) in [6, 6.07) is 10.2. The van der Waals surface area contributed by atoms with Crippen molar-refractivity contribution in [2.24, 2.45) is 0 Å². The summed E-state index contributed by atoms with van der Waals surface area (Å²) in [5.74, 6) is -0.477. The molecule has 0 N–H and O–H groups in total. The maximum Gasteiger partial charge on any atom is 0.471 e. The van der Waals surface area contributed by atoms with E-state index in [4.69, 9.17) is 37.5 Å². The van der Waals surface area contributed by atoms with Gasteiger partial charge in [-0.2, -0.15) is 36.3 Å². The number of ether oxygens (including phenoxy) is 6. The van der Waals surface area contributed by atoms with Crippen LogP contribution >= 0.6 is 0 Å². The van der Waals surface area contributed by atoms with Crippen LogP contribution < -0.4 is 9.47 Å². The molecule has 0 aliphatic rings. The van der Waals surface area contributed by atoms with Gasteiger partial charge in [-0.1, -0.05) is 20.6 Å². The highest BCUT2D eigenvalue weighted by molar-refractivity contribution is 5.62. The maximum atomic E-state index is 12.8. The van der Waals surface area contributed by atoms with Gasteiger partial charge in [-0.3, -0.25) is 0 Å². The Balaban J connectivity index is 0.749. The molecule has 0 spiro atoms. The Bertz CT molecular complexity index is 2180. The van der Waals surface area contributed by atoms with E-state index in [1.165, 1.54) is 0 Å². The van der Waals surface area contributed by atoms with Crippen molar-refractivity contribution in [3.8, 4) is 34.3 Å². The minimum Gasteiger partial charge on any atom is -0.493 e. The average Bonchev–Trinajstić information content (AvgIpc) is 4.08. The largest absolute Gasteiger partial charge is 0.493 e. The van der Waals surface area contributed by atoms with Crippen LogP contribution in [0.25, 0.3) is 22.8 Å². The van der Waals surface area contributed by atoms with Crippen molar-refractivity contribution in [2.45, 2.75) is 78.9 Å². The first-order valence-electron chi connectivity index (χ1n) is 20.1. The molecule has 6 aromatic rings. The predicted molar refractivity (Wildman–Crippen MR) is 210 cm³/mol. The zero-order chi connectivity index (χ0) is 45.7. The second-order valence-electron chi connectivity index (χ2n) is 14.5. The fourth-order valence-electron chi connectivity index (χ4n) is 6.36. The van der Waals surface area contributed by atoms with Gasteiger partial charge >= 0.3 is 24.1 Å². The van der Waals surface area contributed by atoms with E-state index in [-0.39, 0.29) is 24.9 Å². The first kappa shape index (κ1) is 47.6. The summed E-state index contributed by atoms with van der Waals surface area (Å²) in [7, 11) is 0. The van der Waals surface area contributed by atoms with E-state index in [9.17, 15) is 26.3 Å². The summed E-state index contributed by atoms with van der Waals surface area (Å²) < 4.78 is 131. The van der Waals surface area contributed by atoms with Gasteiger partial charge in [0.05, 0.1) is 66.1 Å². The van der Waals surface area contributed by atoms with Crippen molar-refractivity contribution < 1.29 is 72.9 Å². The molecule has 0 saturated heterocycles. The fraction of sp³-hybridized carbons (Fsp3) is 0.476. The number of aromatic nitrogens is 6. The van der Waals surface area contributed by atoms with Crippen LogP contribution in [-0.4, -0.2) is 83.4 Å². The van der Waals surface area contributed by atoms with Crippen molar-refractivity contribution in [2.75, 3.05) is 52.9 Å². The molecule has 0 unspecified atom stereocenters. The quantitative estimate of drug-likeness (QED) is 0.0391. The molecule has 0 saturated carbocycles. The van der Waals surface area contributed by atoms with E-state index in [0.29, 0.717) is 124 Å². The third-order valence-corrected chi connectivity index (χ3v) is 9.23. The van der Waals surface area contributed by atoms with Crippen molar-refractivity contribution in [1.29, 1.82) is 0 Å². The molecule has 0 bridgehead atoms. The molecule has 0 atom stereocenters. The number of hydrogen-bond acceptors (Lipinski definition) is 16. The van der Waals surface area contributed by atoms with Gasteiger partial charge in [-0.25, -0.2) is 0 Å². The van der Waals surface area contributed by atoms with Crippen molar-refractivity contribution >= 4 is 0 Å². The standard InChI is InChI=1S/C42H46F6N6O10/c1-25-17-29(37-49-39(63-53-37)41(43,44)45)18-26(2)35(25)59-9-5-7-33-21-31(51-61-33)23-57-15-13-55-11-12-56-14-16-58-24-32-22-34(62-52-32)8-6-10-60-36-27(3)19-30(20-28(36)4)38-50-40(64-54-38)42(46,47)48/h17-22H,5-16,23-24H2,1-4H3. The van der Waals surface area contributed by atoms with Gasteiger partial charge in [-0.05, 0) is 87.1 Å². The Labute approximate surface area is 362 Å². The third-order valence-electron chi connectivity index (χ3n) is 9.23. The molecule has 64 heavy (non-hydrogen) atoms. The van der Waals surface area contributed by atoms with Crippen LogP contribution in [0.15, 0.2) is 54.5 Å². The molecule has 2 aromatic carbocycles. The lowest BCUT2D eigenvalue weighted by atomic mass is 10.1. The fourth-order valence-corrected chi connectivity index (χ4v) is 6.36. The van der Waals surface area contributed by atoms with E-state index in [2.05, 4.69) is 39.6 Å². The van der Waals surface area contributed by atoms with Crippen LogP contribution in [0.1, 0.15) is 69.8 Å². The van der Waals surface area contributed by atoms with Crippen molar-refractivity contribution in [3.63, 3.8) is 0 Å². The minimum absolute atomic E-state index is 0.150. The van der Waals surface area contributed by atoms with Gasteiger partial charge in [0.2, 0.25) is 11.6 Å². The molecule has 16 nitrogen and oxygen atoms in total. The van der Waals surface area contributed by atoms with Crippen LogP contribution in [0.5, 0.6) is 11.5 Å². The van der Waals surface area contributed by atoms with Gasteiger partial charge < -0.3 is 46.5 Å². The zero-order valence-corrected chi connectivity index (χ0v) is 35.4. The molecular formula is C42H46F6N6O10. The van der Waals surface area contributed by atoms with E-state index < -0.39 is 24.1 Å². The number of alkyl halides is 6. The monoisotopic (exact) mass is 908 g/mol. The number of rotatable bonds is 25. The average molecular weight is 909 g/mol. The van der Waals surface area contributed by atoms with Crippen LogP contribution in [0.3, 0.4) is 0 Å². The Hall–Kier alpha value is -5.84. The second kappa shape index (κ2) is 22.2. The Morgan fingerprint density at radius 3 is 1.16 bits per heavy atom. The summed E-state index contributed by atoms with van der Waals surface area (Å²) in [4.78, 5) is 6.90. The van der Waals surface area contributed by atoms with Gasteiger partial charge in [0.15, 0.2) is 0 Å². The normalized spacial score (nSPS) is 12.1. The molecule has 4 heterocycles. The lowest BCUT2D eigenvalue weighted by Gasteiger charge is -2.13. The SMILES string of the molecule is Cc1cc(-c2noc(C(F)(F)F)n2)cc(C)c1OCCCc1cc(COCCOCCOCCOCc2cc(CCCOc3c(C)cc(-c4noc(C(F)(F)F)n4)cc3C)on2)no1. The van der Waals surface area contributed by atoms with E-state index >= 15 is 0 Å². The van der Waals surface area contributed by atoms with Gasteiger partial charge in [0.1, 0.15) is 34.4 Å². The highest BCUT2D eigenvalue weighted by atomic mass is 19.4. The smallest absolute Gasteiger partial charge is 0.471 e. The summed E-state index contributed by atoms with van der Waals surface area (Å²) in [5.41, 5.74) is 4.99. The first-order chi connectivity index (χ1) is 30.6. The minimum atomic E-state index is -4.72. The molecule has 0 amide bonds. The summed E-state index contributed by atoms with van der Waals surface area (Å²) >= 11 is 0. The molecule has 346 valence electrons. The van der Waals surface area contributed by atoms with Gasteiger partial charge in [0, 0.05) is 36.1 Å². The first-order valence-corrected chi connectivity index (χ1v) is 20.1. The molecule has 22 heteroatoms. The van der Waals surface area contributed by atoms with Crippen molar-refractivity contribution in [3.05, 3.63) is 93.3 Å². The molecule has 0 radical (unpaired) electrons. The molecule has 4 aromatic heterocycles. The summed E-state index contributed by atoms with van der Waals surface area (Å²) in [6.45, 7) is 10.7. The Kier molecular flexibility index (Phi) is 16.5. The molecular weight excluding hydrogens is 862 g/mol. The number of hydrogen-bond donors (Lipinski definition) is 0. The number of halogens is 6. The molecule has 0 fully saturated rings. The van der Waals surface area contributed by atoms with E-state index in [1.54, 1.807) is 52.0 Å². The van der Waals surface area contributed by atoms with Gasteiger partial charge in [0.25, 0.3) is 0 Å². The maximum absolute atomic E-state index is 12.8. The zero-order valence-electron chi connectivity index (χ0n) is 35.4. The number of benzene rings is 2. The van der Waals surface area contributed by atoms with Crippen LogP contribution in [0.2, 0.25) is 0 Å². The van der Waals surface area contributed by atoms with Crippen LogP contribution in [0.4, 0.5) is 26.3 Å². The van der Waals surface area contributed by atoms with Crippen molar-refractivity contribution in [1.82, 2.24) is 30.6 Å². The Morgan fingerprint density at radius 1 is 0.453 bits per heavy atom. The predicted octanol–water partition coefficient (Wildman–Crippen LogP) is 8.82. The Morgan fingerprint density at radius 2 is 0.812 bits per heavy atom.